The number of nitrogens with one attached hydrogen (secondary N) is 1. The molecule has 0 bridgehead atoms. The fourth-order valence-corrected chi connectivity index (χ4v) is 4.98. The molecule has 2 aromatic carbocycles. The highest BCUT2D eigenvalue weighted by molar-refractivity contribution is 7.10. The average Bonchev–Trinajstić information content (AvgIpc) is 3.49. The lowest BCUT2D eigenvalue weighted by atomic mass is 9.86. The second-order valence-corrected chi connectivity index (χ2v) is 8.04. The molecular formula is C22H17N5O2S. The number of tetrazole rings is 1. The number of rotatable bonds is 3. The monoisotopic (exact) mass is 415 g/mol. The van der Waals surface area contributed by atoms with Gasteiger partial charge in [0, 0.05) is 21.6 Å². The molecule has 148 valence electrons. The van der Waals surface area contributed by atoms with E-state index in [0.29, 0.717) is 5.95 Å². The average molecular weight is 415 g/mol. The predicted octanol–water partition coefficient (Wildman–Crippen LogP) is 4.30. The van der Waals surface area contributed by atoms with Gasteiger partial charge in [0.2, 0.25) is 5.95 Å². The van der Waals surface area contributed by atoms with Crippen LogP contribution in [0.25, 0.3) is 5.70 Å². The Hall–Kier alpha value is -3.65. The van der Waals surface area contributed by atoms with Gasteiger partial charge in [-0.1, -0.05) is 41.5 Å². The van der Waals surface area contributed by atoms with Gasteiger partial charge in [-0.2, -0.15) is 4.68 Å². The maximum Gasteiger partial charge on any atom is 0.248 e. The van der Waals surface area contributed by atoms with Crippen molar-refractivity contribution >= 4 is 23.0 Å². The Morgan fingerprint density at radius 2 is 1.93 bits per heavy atom. The molecule has 4 heterocycles. The summed E-state index contributed by atoms with van der Waals surface area (Å²) in [5.74, 6) is 2.20. The molecule has 2 aliphatic heterocycles. The number of para-hydroxylation sites is 2. The van der Waals surface area contributed by atoms with Crippen LogP contribution in [0.15, 0.2) is 71.6 Å². The van der Waals surface area contributed by atoms with Crippen molar-refractivity contribution in [3.05, 3.63) is 87.6 Å². The minimum Gasteiger partial charge on any atom is -0.496 e. The number of thiophene rings is 1. The van der Waals surface area contributed by atoms with E-state index in [-0.39, 0.29) is 12.1 Å². The highest BCUT2D eigenvalue weighted by Crippen LogP contribution is 2.52. The van der Waals surface area contributed by atoms with Gasteiger partial charge in [-0.15, -0.1) is 11.3 Å². The van der Waals surface area contributed by atoms with E-state index in [2.05, 4.69) is 44.4 Å². The third kappa shape index (κ3) is 2.47. The molecule has 30 heavy (non-hydrogen) atoms. The lowest BCUT2D eigenvalue weighted by molar-refractivity contribution is 0.225. The Labute approximate surface area is 176 Å². The molecule has 2 unspecified atom stereocenters. The number of anilines is 1. The van der Waals surface area contributed by atoms with Gasteiger partial charge >= 0.3 is 0 Å². The Balaban J connectivity index is 1.66. The number of hydrogen-bond acceptors (Lipinski definition) is 7. The third-order valence-electron chi connectivity index (χ3n) is 5.48. The lowest BCUT2D eigenvalue weighted by Crippen LogP contribution is -2.32. The van der Waals surface area contributed by atoms with Gasteiger partial charge in [0.15, 0.2) is 6.10 Å². The molecule has 7 nitrogen and oxygen atoms in total. The van der Waals surface area contributed by atoms with Crippen LogP contribution in [0, 0.1) is 0 Å². The molecule has 1 N–H and O–H groups in total. The van der Waals surface area contributed by atoms with Crippen molar-refractivity contribution in [1.29, 1.82) is 0 Å². The number of nitrogens with zero attached hydrogens (tertiary/aromatic N) is 4. The summed E-state index contributed by atoms with van der Waals surface area (Å²) in [6.07, 6.45) is -0.269. The van der Waals surface area contributed by atoms with Gasteiger partial charge in [-0.25, -0.2) is 0 Å². The number of methoxy groups -OCH3 is 1. The topological polar surface area (TPSA) is 74.1 Å². The first-order valence-electron chi connectivity index (χ1n) is 9.56. The molecule has 0 fully saturated rings. The summed E-state index contributed by atoms with van der Waals surface area (Å²) < 4.78 is 14.1. The summed E-state index contributed by atoms with van der Waals surface area (Å²) in [6, 6.07) is 19.9. The first-order chi connectivity index (χ1) is 14.8. The zero-order chi connectivity index (χ0) is 20.1. The van der Waals surface area contributed by atoms with Crippen LogP contribution in [-0.4, -0.2) is 27.3 Å². The third-order valence-corrected chi connectivity index (χ3v) is 6.39. The van der Waals surface area contributed by atoms with Crippen LogP contribution in [0.3, 0.4) is 0 Å². The molecular weight excluding hydrogens is 398 g/mol. The van der Waals surface area contributed by atoms with Gasteiger partial charge in [-0.3, -0.25) is 0 Å². The van der Waals surface area contributed by atoms with E-state index in [9.17, 15) is 0 Å². The van der Waals surface area contributed by atoms with Crippen molar-refractivity contribution < 1.29 is 9.47 Å². The summed E-state index contributed by atoms with van der Waals surface area (Å²) >= 11 is 1.67. The largest absolute Gasteiger partial charge is 0.496 e. The van der Waals surface area contributed by atoms with Crippen molar-refractivity contribution in [2.75, 3.05) is 12.4 Å². The fraction of sp³-hybridized carbons (Fsp3) is 0.136. The van der Waals surface area contributed by atoms with Crippen LogP contribution in [0.4, 0.5) is 5.95 Å². The number of fused-ring (bicyclic) bond motifs is 3. The minimum absolute atomic E-state index is 0.269. The van der Waals surface area contributed by atoms with Crippen LogP contribution in [0.1, 0.15) is 28.1 Å². The molecule has 8 heteroatoms. The Morgan fingerprint density at radius 1 is 1.07 bits per heavy atom. The van der Waals surface area contributed by atoms with E-state index < -0.39 is 0 Å². The summed E-state index contributed by atoms with van der Waals surface area (Å²) in [5.41, 5.74) is 4.01. The minimum atomic E-state index is -0.275. The predicted molar refractivity (Wildman–Crippen MR) is 114 cm³/mol. The maximum atomic E-state index is 6.55. The second kappa shape index (κ2) is 6.70. The normalized spacial score (nSPS) is 19.2. The molecule has 0 amide bonds. The van der Waals surface area contributed by atoms with E-state index in [1.807, 2.05) is 42.5 Å². The zero-order valence-electron chi connectivity index (χ0n) is 16.0. The van der Waals surface area contributed by atoms with Crippen molar-refractivity contribution in [2.45, 2.75) is 12.1 Å². The molecule has 4 aromatic rings. The molecule has 2 aromatic heterocycles. The molecule has 2 atom stereocenters. The zero-order valence-corrected chi connectivity index (χ0v) is 16.8. The molecule has 2 aliphatic rings. The van der Waals surface area contributed by atoms with Gasteiger partial charge in [0.25, 0.3) is 0 Å². The van der Waals surface area contributed by atoms with Crippen LogP contribution >= 0.6 is 11.3 Å². The second-order valence-electron chi connectivity index (χ2n) is 7.06. The number of hydrogen-bond donors (Lipinski definition) is 1. The van der Waals surface area contributed by atoms with Crippen molar-refractivity contribution in [3.8, 4) is 11.5 Å². The maximum absolute atomic E-state index is 6.55. The summed E-state index contributed by atoms with van der Waals surface area (Å²) in [4.78, 5) is 1.12. The Morgan fingerprint density at radius 3 is 2.80 bits per heavy atom. The Bertz CT molecular complexity index is 1260. The first kappa shape index (κ1) is 17.2. The SMILES string of the molecule is COc1ccccc1C1C2=C(Nc3nnnn31)c1ccccc1OC2c1cccs1. The van der Waals surface area contributed by atoms with Gasteiger partial charge in [-0.05, 0) is 40.1 Å². The van der Waals surface area contributed by atoms with Gasteiger partial charge in [0.05, 0.1) is 12.8 Å². The van der Waals surface area contributed by atoms with Crippen LogP contribution in [0.5, 0.6) is 11.5 Å². The van der Waals surface area contributed by atoms with Crippen molar-refractivity contribution in [3.63, 3.8) is 0 Å². The molecule has 0 saturated heterocycles. The molecule has 0 saturated carbocycles. The molecule has 0 aliphatic carbocycles. The van der Waals surface area contributed by atoms with E-state index in [4.69, 9.17) is 9.47 Å². The number of ether oxygens (including phenoxy) is 2. The summed E-state index contributed by atoms with van der Waals surface area (Å²) in [5, 5.41) is 18.0. The number of aromatic nitrogens is 4. The smallest absolute Gasteiger partial charge is 0.248 e. The Kier molecular flexibility index (Phi) is 3.85. The standard InChI is InChI=1S/C22H17N5O2S/c1-28-15-9-4-3-8-14(15)20-18-19(23-22-24-25-26-27(20)22)13-7-2-5-10-16(13)29-21(18)17-11-6-12-30-17/h2-12,20-21H,1H3,(H,23,24,26). The van der Waals surface area contributed by atoms with Crippen LogP contribution < -0.4 is 14.8 Å². The van der Waals surface area contributed by atoms with Crippen LogP contribution in [0.2, 0.25) is 0 Å². The van der Waals surface area contributed by atoms with E-state index in [1.54, 1.807) is 23.1 Å². The molecule has 6 rings (SSSR count). The van der Waals surface area contributed by atoms with Gasteiger partial charge in [0.1, 0.15) is 17.5 Å². The van der Waals surface area contributed by atoms with E-state index in [0.717, 1.165) is 38.8 Å². The summed E-state index contributed by atoms with van der Waals surface area (Å²) in [7, 11) is 1.68. The highest BCUT2D eigenvalue weighted by Gasteiger charge is 2.42. The quantitative estimate of drug-likeness (QED) is 0.538. The molecule has 0 radical (unpaired) electrons. The first-order valence-corrected chi connectivity index (χ1v) is 10.4. The van der Waals surface area contributed by atoms with E-state index >= 15 is 0 Å². The summed E-state index contributed by atoms with van der Waals surface area (Å²) in [6.45, 7) is 0. The van der Waals surface area contributed by atoms with Crippen molar-refractivity contribution in [2.24, 2.45) is 0 Å². The van der Waals surface area contributed by atoms with Crippen LogP contribution in [-0.2, 0) is 0 Å². The fourth-order valence-electron chi connectivity index (χ4n) is 4.21. The molecule has 0 spiro atoms. The van der Waals surface area contributed by atoms with Crippen molar-refractivity contribution in [1.82, 2.24) is 20.2 Å². The highest BCUT2D eigenvalue weighted by atomic mass is 32.1. The van der Waals surface area contributed by atoms with Gasteiger partial charge < -0.3 is 14.8 Å². The number of benzene rings is 2. The van der Waals surface area contributed by atoms with E-state index in [1.165, 1.54) is 0 Å². The lowest BCUT2D eigenvalue weighted by Gasteiger charge is -2.38.